The van der Waals surface area contributed by atoms with Crippen LogP contribution < -0.4 is 10.5 Å². The molecule has 0 aliphatic carbocycles. The van der Waals surface area contributed by atoms with Crippen LogP contribution in [-0.2, 0) is 11.3 Å². The lowest BCUT2D eigenvalue weighted by Crippen LogP contribution is -2.30. The number of anilines is 1. The molecule has 0 aromatic heterocycles. The van der Waals surface area contributed by atoms with Crippen molar-refractivity contribution in [2.24, 2.45) is 5.92 Å². The smallest absolute Gasteiger partial charge is 0.141 e. The molecule has 0 bridgehead atoms. The van der Waals surface area contributed by atoms with Crippen molar-refractivity contribution >= 4 is 5.69 Å². The summed E-state index contributed by atoms with van der Waals surface area (Å²) in [5.74, 6) is 1.40. The minimum absolute atomic E-state index is 0.661. The molecule has 1 saturated heterocycles. The Bertz CT molecular complexity index is 403. The third-order valence-corrected chi connectivity index (χ3v) is 3.57. The zero-order valence-electron chi connectivity index (χ0n) is 11.9. The van der Waals surface area contributed by atoms with Gasteiger partial charge in [0.25, 0.3) is 0 Å². The fourth-order valence-corrected chi connectivity index (χ4v) is 2.65. The summed E-state index contributed by atoms with van der Waals surface area (Å²) in [5.41, 5.74) is 7.85. The van der Waals surface area contributed by atoms with Gasteiger partial charge in [-0.05, 0) is 43.5 Å². The molecule has 0 radical (unpaired) electrons. The van der Waals surface area contributed by atoms with Gasteiger partial charge in [-0.2, -0.15) is 0 Å². The number of nitrogen functional groups attached to an aromatic ring is 1. The van der Waals surface area contributed by atoms with Crippen molar-refractivity contribution in [3.05, 3.63) is 23.8 Å². The largest absolute Gasteiger partial charge is 0.495 e. The number of hydrogen-bond acceptors (Lipinski definition) is 4. The quantitative estimate of drug-likeness (QED) is 0.828. The van der Waals surface area contributed by atoms with Crippen molar-refractivity contribution in [2.75, 3.05) is 39.6 Å². The Kier molecular flexibility index (Phi) is 5.05. The molecule has 1 atom stereocenters. The second kappa shape index (κ2) is 6.78. The summed E-state index contributed by atoms with van der Waals surface area (Å²) in [6.07, 6.45) is 2.46. The first-order chi connectivity index (χ1) is 9.19. The number of benzene rings is 1. The molecule has 4 nitrogen and oxygen atoms in total. The van der Waals surface area contributed by atoms with Crippen molar-refractivity contribution in [3.8, 4) is 5.75 Å². The molecule has 106 valence electrons. The van der Waals surface area contributed by atoms with Crippen LogP contribution in [-0.4, -0.2) is 38.8 Å². The summed E-state index contributed by atoms with van der Waals surface area (Å²) in [6.45, 7) is 3.81. The van der Waals surface area contributed by atoms with E-state index >= 15 is 0 Å². The minimum atomic E-state index is 0.661. The van der Waals surface area contributed by atoms with Crippen molar-refractivity contribution < 1.29 is 9.47 Å². The van der Waals surface area contributed by atoms with E-state index in [1.54, 1.807) is 7.11 Å². The Morgan fingerprint density at radius 1 is 1.47 bits per heavy atom. The second-order valence-corrected chi connectivity index (χ2v) is 5.36. The summed E-state index contributed by atoms with van der Waals surface area (Å²) in [5, 5.41) is 0. The molecule has 1 unspecified atom stereocenters. The molecule has 19 heavy (non-hydrogen) atoms. The molecule has 0 spiro atoms. The lowest BCUT2D eigenvalue weighted by Gasteiger charge is -2.27. The first-order valence-corrected chi connectivity index (χ1v) is 6.87. The monoisotopic (exact) mass is 264 g/mol. The van der Waals surface area contributed by atoms with Gasteiger partial charge in [-0.25, -0.2) is 0 Å². The maximum atomic E-state index is 5.93. The number of ether oxygens (including phenoxy) is 2. The van der Waals surface area contributed by atoms with Gasteiger partial charge in [-0.15, -0.1) is 0 Å². The summed E-state index contributed by atoms with van der Waals surface area (Å²) < 4.78 is 10.7. The van der Waals surface area contributed by atoms with Gasteiger partial charge in [0, 0.05) is 19.7 Å². The molecule has 1 aromatic rings. The van der Waals surface area contributed by atoms with Gasteiger partial charge in [0.1, 0.15) is 5.75 Å². The van der Waals surface area contributed by atoms with Crippen LogP contribution in [0.5, 0.6) is 5.75 Å². The van der Waals surface area contributed by atoms with Gasteiger partial charge in [-0.1, -0.05) is 6.07 Å². The van der Waals surface area contributed by atoms with E-state index in [1.165, 1.54) is 18.4 Å². The highest BCUT2D eigenvalue weighted by atomic mass is 16.5. The third kappa shape index (κ3) is 4.11. The van der Waals surface area contributed by atoms with Gasteiger partial charge in [0.2, 0.25) is 0 Å². The van der Waals surface area contributed by atoms with E-state index in [9.17, 15) is 0 Å². The number of nitrogens with two attached hydrogens (primary N) is 1. The van der Waals surface area contributed by atoms with Gasteiger partial charge >= 0.3 is 0 Å². The molecular weight excluding hydrogens is 240 g/mol. The van der Waals surface area contributed by atoms with Gasteiger partial charge in [-0.3, -0.25) is 0 Å². The molecular formula is C15H24N2O2. The molecule has 1 aliphatic heterocycles. The number of methoxy groups -OCH3 is 1. The molecule has 2 rings (SSSR count). The molecule has 1 fully saturated rings. The van der Waals surface area contributed by atoms with Crippen LogP contribution in [0.3, 0.4) is 0 Å². The van der Waals surface area contributed by atoms with Crippen LogP contribution in [0.15, 0.2) is 18.2 Å². The average molecular weight is 264 g/mol. The van der Waals surface area contributed by atoms with Crippen LogP contribution in [0, 0.1) is 5.92 Å². The van der Waals surface area contributed by atoms with Crippen LogP contribution in [0.4, 0.5) is 5.69 Å². The zero-order chi connectivity index (χ0) is 13.7. The average Bonchev–Trinajstić information content (AvgIpc) is 2.40. The maximum absolute atomic E-state index is 5.93. The van der Waals surface area contributed by atoms with E-state index in [0.29, 0.717) is 11.6 Å². The van der Waals surface area contributed by atoms with E-state index in [-0.39, 0.29) is 0 Å². The highest BCUT2D eigenvalue weighted by Crippen LogP contribution is 2.23. The van der Waals surface area contributed by atoms with Gasteiger partial charge in [0.15, 0.2) is 0 Å². The van der Waals surface area contributed by atoms with E-state index in [0.717, 1.165) is 32.1 Å². The van der Waals surface area contributed by atoms with Crippen LogP contribution in [0.25, 0.3) is 0 Å². The maximum Gasteiger partial charge on any atom is 0.141 e. The predicted octanol–water partition coefficient (Wildman–Crippen LogP) is 2.14. The van der Waals surface area contributed by atoms with Gasteiger partial charge < -0.3 is 20.1 Å². The van der Waals surface area contributed by atoms with Crippen molar-refractivity contribution in [1.29, 1.82) is 0 Å². The summed E-state index contributed by atoms with van der Waals surface area (Å²) >= 11 is 0. The summed E-state index contributed by atoms with van der Waals surface area (Å²) in [7, 11) is 3.79. The minimum Gasteiger partial charge on any atom is -0.495 e. The fraction of sp³-hybridized carbons (Fsp3) is 0.600. The topological polar surface area (TPSA) is 47.7 Å². The van der Waals surface area contributed by atoms with Gasteiger partial charge in [0.05, 0.1) is 19.4 Å². The number of nitrogens with zero attached hydrogens (tertiary/aromatic N) is 1. The lowest BCUT2D eigenvalue weighted by molar-refractivity contribution is 0.0411. The Balaban J connectivity index is 1.87. The fourth-order valence-electron chi connectivity index (χ4n) is 2.65. The van der Waals surface area contributed by atoms with E-state index in [1.807, 2.05) is 12.1 Å². The van der Waals surface area contributed by atoms with Crippen LogP contribution in [0.1, 0.15) is 18.4 Å². The standard InChI is InChI=1S/C15H24N2O2/c1-17(10-13-4-3-7-19-11-13)9-12-5-6-15(18-2)14(16)8-12/h5-6,8,13H,3-4,7,9-11,16H2,1-2H3. The first-order valence-electron chi connectivity index (χ1n) is 6.87. The summed E-state index contributed by atoms with van der Waals surface area (Å²) in [4.78, 5) is 2.33. The lowest BCUT2D eigenvalue weighted by atomic mass is 10.0. The van der Waals surface area contributed by atoms with Crippen molar-refractivity contribution in [1.82, 2.24) is 4.90 Å². The highest BCUT2D eigenvalue weighted by molar-refractivity contribution is 5.54. The Morgan fingerprint density at radius 2 is 2.32 bits per heavy atom. The summed E-state index contributed by atoms with van der Waals surface area (Å²) in [6, 6.07) is 6.00. The Morgan fingerprint density at radius 3 is 2.95 bits per heavy atom. The molecule has 0 saturated carbocycles. The van der Waals surface area contributed by atoms with E-state index in [2.05, 4.69) is 18.0 Å². The molecule has 1 heterocycles. The van der Waals surface area contributed by atoms with Crippen LogP contribution in [0.2, 0.25) is 0 Å². The SMILES string of the molecule is COc1ccc(CN(C)CC2CCCOC2)cc1N. The molecule has 4 heteroatoms. The second-order valence-electron chi connectivity index (χ2n) is 5.36. The zero-order valence-corrected chi connectivity index (χ0v) is 11.9. The molecule has 0 amide bonds. The Labute approximate surface area is 115 Å². The third-order valence-electron chi connectivity index (χ3n) is 3.57. The van der Waals surface area contributed by atoms with Crippen molar-refractivity contribution in [3.63, 3.8) is 0 Å². The van der Waals surface area contributed by atoms with Crippen LogP contribution >= 0.6 is 0 Å². The molecule has 1 aliphatic rings. The normalized spacial score (nSPS) is 19.6. The van der Waals surface area contributed by atoms with E-state index in [4.69, 9.17) is 15.2 Å². The first kappa shape index (κ1) is 14.2. The number of rotatable bonds is 5. The Hall–Kier alpha value is -1.26. The number of hydrogen-bond donors (Lipinski definition) is 1. The van der Waals surface area contributed by atoms with E-state index < -0.39 is 0 Å². The predicted molar refractivity (Wildman–Crippen MR) is 77.3 cm³/mol. The molecule has 2 N–H and O–H groups in total. The highest BCUT2D eigenvalue weighted by Gasteiger charge is 2.16. The van der Waals surface area contributed by atoms with Crippen molar-refractivity contribution in [2.45, 2.75) is 19.4 Å². The molecule has 1 aromatic carbocycles.